The maximum absolute atomic E-state index is 13.4. The molecule has 204 valence electrons. The molecular weight excluding hydrogens is 470 g/mol. The highest BCUT2D eigenvalue weighted by molar-refractivity contribution is 5.95. The molecule has 37 heavy (non-hydrogen) atoms. The van der Waals surface area contributed by atoms with Crippen LogP contribution in [0.1, 0.15) is 64.3 Å². The van der Waals surface area contributed by atoms with Crippen LogP contribution in [-0.2, 0) is 9.53 Å². The van der Waals surface area contributed by atoms with Crippen molar-refractivity contribution in [3.05, 3.63) is 46.2 Å². The van der Waals surface area contributed by atoms with E-state index < -0.39 is 12.0 Å². The molecule has 2 heterocycles. The molecule has 0 spiro atoms. The van der Waals surface area contributed by atoms with Crippen LogP contribution in [0.4, 0.5) is 9.59 Å². The third-order valence-electron chi connectivity index (χ3n) is 6.82. The standard InChI is InChI=1S/C28H43N5O4/c1-9-32-22(17-31-13-14-33(20(5)16-31)27(36)30-28(6,7)8)23(25(34)37-10-2)24(29-26(32)35)21-15-18(3)11-12-19(21)4/h11-12,15,20,24H,9-10,13-14,16-17H2,1-8H3,(H,29,35)(H,30,36)/t20-,24-/m1/s1. The highest BCUT2D eigenvalue weighted by atomic mass is 16.5. The van der Waals surface area contributed by atoms with Crippen LogP contribution in [-0.4, -0.2) is 83.6 Å². The second kappa shape index (κ2) is 11.5. The molecule has 0 radical (unpaired) electrons. The third-order valence-corrected chi connectivity index (χ3v) is 6.82. The molecule has 1 saturated heterocycles. The summed E-state index contributed by atoms with van der Waals surface area (Å²) in [4.78, 5) is 45.2. The Morgan fingerprint density at radius 2 is 1.86 bits per heavy atom. The van der Waals surface area contributed by atoms with Crippen molar-refractivity contribution < 1.29 is 19.1 Å². The van der Waals surface area contributed by atoms with E-state index in [1.54, 1.807) is 11.8 Å². The molecule has 1 aromatic carbocycles. The smallest absolute Gasteiger partial charge is 0.338 e. The van der Waals surface area contributed by atoms with Gasteiger partial charge in [0.15, 0.2) is 0 Å². The van der Waals surface area contributed by atoms with Crippen LogP contribution in [0, 0.1) is 13.8 Å². The number of piperazine rings is 1. The number of carbonyl (C=O) groups excluding carboxylic acids is 3. The molecule has 2 N–H and O–H groups in total. The average molecular weight is 514 g/mol. The summed E-state index contributed by atoms with van der Waals surface area (Å²) in [7, 11) is 0. The Kier molecular flexibility index (Phi) is 8.89. The molecule has 2 aliphatic rings. The number of aryl methyl sites for hydroxylation is 2. The van der Waals surface area contributed by atoms with Gasteiger partial charge >= 0.3 is 18.0 Å². The highest BCUT2D eigenvalue weighted by Gasteiger charge is 2.39. The molecule has 0 unspecified atom stereocenters. The van der Waals surface area contributed by atoms with Gasteiger partial charge in [0.2, 0.25) is 0 Å². The van der Waals surface area contributed by atoms with Gasteiger partial charge in [-0.15, -0.1) is 0 Å². The van der Waals surface area contributed by atoms with Crippen molar-refractivity contribution in [1.82, 2.24) is 25.3 Å². The minimum atomic E-state index is -0.597. The van der Waals surface area contributed by atoms with Crippen LogP contribution >= 0.6 is 0 Å². The van der Waals surface area contributed by atoms with E-state index in [9.17, 15) is 14.4 Å². The molecule has 2 aliphatic heterocycles. The van der Waals surface area contributed by atoms with Gasteiger partial charge in [-0.2, -0.15) is 0 Å². The fourth-order valence-corrected chi connectivity index (χ4v) is 5.04. The van der Waals surface area contributed by atoms with E-state index in [1.807, 2.05) is 71.6 Å². The molecule has 4 amide bonds. The zero-order valence-corrected chi connectivity index (χ0v) is 23.6. The van der Waals surface area contributed by atoms with Gasteiger partial charge in [0.1, 0.15) is 0 Å². The van der Waals surface area contributed by atoms with Crippen LogP contribution in [0.2, 0.25) is 0 Å². The summed E-state index contributed by atoms with van der Waals surface area (Å²) in [5.74, 6) is -0.418. The van der Waals surface area contributed by atoms with Crippen molar-refractivity contribution in [2.75, 3.05) is 39.3 Å². The zero-order chi connectivity index (χ0) is 27.5. The molecule has 0 aliphatic carbocycles. The summed E-state index contributed by atoms with van der Waals surface area (Å²) in [5.41, 5.74) is 3.76. The van der Waals surface area contributed by atoms with Gasteiger partial charge in [0.25, 0.3) is 0 Å². The normalized spacial score (nSPS) is 21.1. The van der Waals surface area contributed by atoms with Crippen LogP contribution < -0.4 is 10.6 Å². The Hall–Kier alpha value is -3.07. The molecule has 9 nitrogen and oxygen atoms in total. The first-order valence-electron chi connectivity index (χ1n) is 13.2. The lowest BCUT2D eigenvalue weighted by atomic mass is 9.90. The summed E-state index contributed by atoms with van der Waals surface area (Å²) in [5, 5.41) is 6.10. The Morgan fingerprint density at radius 1 is 1.16 bits per heavy atom. The van der Waals surface area contributed by atoms with Crippen molar-refractivity contribution in [2.24, 2.45) is 0 Å². The molecule has 9 heteroatoms. The minimum absolute atomic E-state index is 0.0231. The van der Waals surface area contributed by atoms with Crippen molar-refractivity contribution in [2.45, 2.75) is 73.0 Å². The molecular formula is C28H43N5O4. The first-order chi connectivity index (χ1) is 17.4. The number of benzene rings is 1. The SMILES string of the molecule is CCOC(=O)C1=C(CN2CCN(C(=O)NC(C)(C)C)[C@H](C)C2)N(CC)C(=O)N[C@@H]1c1cc(C)ccc1C. The maximum atomic E-state index is 13.4. The Morgan fingerprint density at radius 3 is 2.46 bits per heavy atom. The summed E-state index contributed by atoms with van der Waals surface area (Å²) in [6.07, 6.45) is 0. The summed E-state index contributed by atoms with van der Waals surface area (Å²) in [6.45, 7) is 18.5. The first-order valence-corrected chi connectivity index (χ1v) is 13.2. The van der Waals surface area contributed by atoms with E-state index >= 15 is 0 Å². The van der Waals surface area contributed by atoms with E-state index in [0.717, 1.165) is 16.7 Å². The number of nitrogens with zero attached hydrogens (tertiary/aromatic N) is 3. The predicted octanol–water partition coefficient (Wildman–Crippen LogP) is 3.72. The quantitative estimate of drug-likeness (QED) is 0.566. The number of amides is 4. The van der Waals surface area contributed by atoms with Gasteiger partial charge in [-0.3, -0.25) is 9.80 Å². The van der Waals surface area contributed by atoms with E-state index in [2.05, 4.69) is 15.5 Å². The summed E-state index contributed by atoms with van der Waals surface area (Å²) in [6, 6.07) is 5.13. The van der Waals surface area contributed by atoms with Gasteiger partial charge in [-0.05, 0) is 66.5 Å². The number of esters is 1. The number of hydrogen-bond acceptors (Lipinski definition) is 5. The topological polar surface area (TPSA) is 94.2 Å². The second-order valence-corrected chi connectivity index (χ2v) is 11.0. The molecule has 1 fully saturated rings. The van der Waals surface area contributed by atoms with E-state index in [-0.39, 0.29) is 30.2 Å². The van der Waals surface area contributed by atoms with E-state index in [0.29, 0.717) is 44.0 Å². The molecule has 0 saturated carbocycles. The van der Waals surface area contributed by atoms with Gasteiger partial charge in [-0.1, -0.05) is 23.8 Å². The maximum Gasteiger partial charge on any atom is 0.338 e. The number of rotatable bonds is 6. The summed E-state index contributed by atoms with van der Waals surface area (Å²) < 4.78 is 5.51. The van der Waals surface area contributed by atoms with E-state index in [4.69, 9.17) is 4.74 Å². The predicted molar refractivity (Wildman–Crippen MR) is 144 cm³/mol. The fourth-order valence-electron chi connectivity index (χ4n) is 5.04. The zero-order valence-electron chi connectivity index (χ0n) is 23.6. The molecule has 2 atom stereocenters. The Balaban J connectivity index is 1.97. The lowest BCUT2D eigenvalue weighted by Gasteiger charge is -2.43. The first kappa shape index (κ1) is 28.5. The minimum Gasteiger partial charge on any atom is -0.463 e. The van der Waals surface area contributed by atoms with Gasteiger partial charge in [0.05, 0.1) is 18.2 Å². The molecule has 0 aromatic heterocycles. The van der Waals surface area contributed by atoms with Crippen LogP contribution in [0.5, 0.6) is 0 Å². The molecule has 1 aromatic rings. The number of likely N-dealkylation sites (N-methyl/N-ethyl adjacent to an activating group) is 1. The highest BCUT2D eigenvalue weighted by Crippen LogP contribution is 2.34. The number of hydrogen-bond donors (Lipinski definition) is 2. The van der Waals surface area contributed by atoms with Gasteiger partial charge < -0.3 is 20.3 Å². The Labute approximate surface area is 221 Å². The van der Waals surface area contributed by atoms with Crippen LogP contribution in [0.15, 0.2) is 29.5 Å². The number of urea groups is 2. The van der Waals surface area contributed by atoms with Crippen molar-refractivity contribution >= 4 is 18.0 Å². The lowest BCUT2D eigenvalue weighted by Crippen LogP contribution is -2.59. The second-order valence-electron chi connectivity index (χ2n) is 11.0. The van der Waals surface area contributed by atoms with Gasteiger partial charge in [0, 0.05) is 50.0 Å². The fraction of sp³-hybridized carbons (Fsp3) is 0.607. The summed E-state index contributed by atoms with van der Waals surface area (Å²) >= 11 is 0. The molecule has 0 bridgehead atoms. The van der Waals surface area contributed by atoms with Crippen molar-refractivity contribution in [3.63, 3.8) is 0 Å². The number of ether oxygens (including phenoxy) is 1. The van der Waals surface area contributed by atoms with Crippen LogP contribution in [0.3, 0.4) is 0 Å². The van der Waals surface area contributed by atoms with E-state index in [1.165, 1.54) is 0 Å². The van der Waals surface area contributed by atoms with Crippen LogP contribution in [0.25, 0.3) is 0 Å². The van der Waals surface area contributed by atoms with Crippen molar-refractivity contribution in [3.8, 4) is 0 Å². The molecule has 3 rings (SSSR count). The monoisotopic (exact) mass is 513 g/mol. The lowest BCUT2D eigenvalue weighted by molar-refractivity contribution is -0.139. The van der Waals surface area contributed by atoms with Gasteiger partial charge in [-0.25, -0.2) is 14.4 Å². The Bertz CT molecular complexity index is 1060. The number of carbonyl (C=O) groups is 3. The average Bonchev–Trinajstić information content (AvgIpc) is 2.79. The largest absolute Gasteiger partial charge is 0.463 e. The third kappa shape index (κ3) is 6.63. The van der Waals surface area contributed by atoms with Crippen molar-refractivity contribution in [1.29, 1.82) is 0 Å². The number of nitrogens with one attached hydrogen (secondary N) is 2.